The van der Waals surface area contributed by atoms with E-state index in [1.54, 1.807) is 6.92 Å². The third kappa shape index (κ3) is 4.68. The fourth-order valence-electron chi connectivity index (χ4n) is 2.63. The maximum absolute atomic E-state index is 12.6. The van der Waals surface area contributed by atoms with E-state index < -0.39 is 0 Å². The van der Waals surface area contributed by atoms with Crippen molar-refractivity contribution in [1.29, 1.82) is 0 Å². The fraction of sp³-hybridized carbons (Fsp3) is 0.474. The molecule has 0 unspecified atom stereocenters. The first-order valence-corrected chi connectivity index (χ1v) is 8.31. The minimum absolute atomic E-state index is 0.111. The van der Waals surface area contributed by atoms with Gasteiger partial charge < -0.3 is 9.84 Å². The molecule has 0 aliphatic carbocycles. The number of aromatic nitrogens is 1. The highest BCUT2D eigenvalue weighted by molar-refractivity contribution is 6.00. The second-order valence-electron chi connectivity index (χ2n) is 6.53. The van der Waals surface area contributed by atoms with Crippen LogP contribution in [0.3, 0.4) is 0 Å². The quantitative estimate of drug-likeness (QED) is 0.813. The molecule has 0 aliphatic heterocycles. The molecule has 1 aromatic heterocycles. The van der Waals surface area contributed by atoms with Crippen molar-refractivity contribution in [3.8, 4) is 11.3 Å². The van der Waals surface area contributed by atoms with Crippen molar-refractivity contribution in [2.45, 2.75) is 53.0 Å². The Hall–Kier alpha value is -2.10. The normalized spacial score (nSPS) is 12.4. The summed E-state index contributed by atoms with van der Waals surface area (Å²) in [6.45, 7) is 8.26. The van der Waals surface area contributed by atoms with E-state index in [2.05, 4.69) is 24.3 Å². The Morgan fingerprint density at radius 2 is 1.87 bits per heavy atom. The van der Waals surface area contributed by atoms with Crippen molar-refractivity contribution in [1.82, 2.24) is 10.5 Å². The van der Waals surface area contributed by atoms with Crippen LogP contribution in [0, 0.1) is 12.8 Å². The van der Waals surface area contributed by atoms with Crippen LogP contribution < -0.4 is 5.32 Å². The van der Waals surface area contributed by atoms with Gasteiger partial charge in [-0.2, -0.15) is 0 Å². The molecule has 1 aromatic carbocycles. The molecule has 0 spiro atoms. The molecule has 2 rings (SSSR count). The Balaban J connectivity index is 2.07. The van der Waals surface area contributed by atoms with Crippen molar-refractivity contribution in [2.24, 2.45) is 5.92 Å². The van der Waals surface area contributed by atoms with Crippen LogP contribution in [0.1, 0.15) is 56.2 Å². The Morgan fingerprint density at radius 3 is 2.52 bits per heavy atom. The largest absolute Gasteiger partial charge is 0.360 e. The second kappa shape index (κ2) is 7.95. The van der Waals surface area contributed by atoms with Crippen LogP contribution in [-0.2, 0) is 0 Å². The molecule has 124 valence electrons. The number of hydrogen-bond donors (Lipinski definition) is 1. The summed E-state index contributed by atoms with van der Waals surface area (Å²) in [5.74, 6) is 1.14. The summed E-state index contributed by atoms with van der Waals surface area (Å²) >= 11 is 0. The molecule has 4 heteroatoms. The van der Waals surface area contributed by atoms with Crippen LogP contribution in [0.15, 0.2) is 34.9 Å². The van der Waals surface area contributed by atoms with Gasteiger partial charge in [-0.05, 0) is 26.2 Å². The van der Waals surface area contributed by atoms with Crippen LogP contribution in [0.25, 0.3) is 11.3 Å². The van der Waals surface area contributed by atoms with Gasteiger partial charge >= 0.3 is 0 Å². The standard InChI is InChI=1S/C19H26N2O2/c1-13(2)9-8-10-14(3)20-19(22)17-15(4)23-21-18(17)16-11-6-5-7-12-16/h5-7,11-14H,8-10H2,1-4H3,(H,20,22)/t14-/m0/s1. The van der Waals surface area contributed by atoms with Gasteiger partial charge in [-0.25, -0.2) is 0 Å². The van der Waals surface area contributed by atoms with Crippen LogP contribution in [0.2, 0.25) is 0 Å². The van der Waals surface area contributed by atoms with Gasteiger partial charge in [-0.3, -0.25) is 4.79 Å². The molecule has 23 heavy (non-hydrogen) atoms. The van der Waals surface area contributed by atoms with Gasteiger partial charge in [0.2, 0.25) is 0 Å². The lowest BCUT2D eigenvalue weighted by molar-refractivity contribution is 0.0937. The Kier molecular flexibility index (Phi) is 5.97. The van der Waals surface area contributed by atoms with Gasteiger partial charge in [0.25, 0.3) is 5.91 Å². The number of nitrogens with zero attached hydrogens (tertiary/aromatic N) is 1. The number of benzene rings is 1. The van der Waals surface area contributed by atoms with E-state index in [0.29, 0.717) is 22.9 Å². The van der Waals surface area contributed by atoms with Crippen molar-refractivity contribution in [2.75, 3.05) is 0 Å². The van der Waals surface area contributed by atoms with E-state index in [1.165, 1.54) is 6.42 Å². The van der Waals surface area contributed by atoms with Gasteiger partial charge in [-0.15, -0.1) is 0 Å². The molecule has 1 heterocycles. The summed E-state index contributed by atoms with van der Waals surface area (Å²) in [4.78, 5) is 12.6. The predicted molar refractivity (Wildman–Crippen MR) is 92.3 cm³/mol. The molecule has 0 aliphatic rings. The van der Waals surface area contributed by atoms with E-state index in [9.17, 15) is 4.79 Å². The summed E-state index contributed by atoms with van der Waals surface area (Å²) in [7, 11) is 0. The highest BCUT2D eigenvalue weighted by Gasteiger charge is 2.22. The monoisotopic (exact) mass is 314 g/mol. The van der Waals surface area contributed by atoms with Crippen molar-refractivity contribution in [3.63, 3.8) is 0 Å². The number of aryl methyl sites for hydroxylation is 1. The van der Waals surface area contributed by atoms with Crippen molar-refractivity contribution in [3.05, 3.63) is 41.7 Å². The lowest BCUT2D eigenvalue weighted by Gasteiger charge is -2.14. The maximum Gasteiger partial charge on any atom is 0.257 e. The molecule has 1 atom stereocenters. The summed E-state index contributed by atoms with van der Waals surface area (Å²) in [6.07, 6.45) is 3.28. The third-order valence-corrected chi connectivity index (χ3v) is 3.93. The van der Waals surface area contributed by atoms with E-state index in [0.717, 1.165) is 18.4 Å². The maximum atomic E-state index is 12.6. The highest BCUT2D eigenvalue weighted by Crippen LogP contribution is 2.25. The molecule has 0 saturated heterocycles. The average molecular weight is 314 g/mol. The van der Waals surface area contributed by atoms with Crippen molar-refractivity contribution < 1.29 is 9.32 Å². The molecule has 0 fully saturated rings. The molecule has 1 N–H and O–H groups in total. The lowest BCUT2D eigenvalue weighted by atomic mass is 10.0. The van der Waals surface area contributed by atoms with E-state index in [1.807, 2.05) is 37.3 Å². The summed E-state index contributed by atoms with van der Waals surface area (Å²) < 4.78 is 5.25. The Labute approximate surface area is 138 Å². The van der Waals surface area contributed by atoms with E-state index in [-0.39, 0.29) is 11.9 Å². The summed E-state index contributed by atoms with van der Waals surface area (Å²) in [5.41, 5.74) is 2.03. The zero-order valence-corrected chi connectivity index (χ0v) is 14.4. The first-order chi connectivity index (χ1) is 11.0. The number of carbonyl (C=O) groups excluding carboxylic acids is 1. The average Bonchev–Trinajstić information content (AvgIpc) is 2.89. The SMILES string of the molecule is Cc1onc(-c2ccccc2)c1C(=O)N[C@@H](C)CCCC(C)C. The van der Waals surface area contributed by atoms with Crippen LogP contribution >= 0.6 is 0 Å². The molecule has 2 aromatic rings. The number of rotatable bonds is 7. The molecule has 4 nitrogen and oxygen atoms in total. The van der Waals surface area contributed by atoms with Gasteiger partial charge in [0.1, 0.15) is 17.0 Å². The van der Waals surface area contributed by atoms with Gasteiger partial charge in [-0.1, -0.05) is 62.2 Å². The zero-order valence-electron chi connectivity index (χ0n) is 14.4. The molecule has 1 amide bonds. The minimum atomic E-state index is -0.111. The number of amides is 1. The molecule has 0 saturated carbocycles. The molecule has 0 bridgehead atoms. The van der Waals surface area contributed by atoms with E-state index in [4.69, 9.17) is 4.52 Å². The Bertz CT molecular complexity index is 632. The van der Waals surface area contributed by atoms with Crippen LogP contribution in [0.4, 0.5) is 0 Å². The highest BCUT2D eigenvalue weighted by atomic mass is 16.5. The second-order valence-corrected chi connectivity index (χ2v) is 6.53. The molecular weight excluding hydrogens is 288 g/mol. The molecular formula is C19H26N2O2. The van der Waals surface area contributed by atoms with Crippen LogP contribution in [-0.4, -0.2) is 17.1 Å². The Morgan fingerprint density at radius 1 is 1.17 bits per heavy atom. The van der Waals surface area contributed by atoms with Gasteiger partial charge in [0.15, 0.2) is 0 Å². The topological polar surface area (TPSA) is 55.1 Å². The first-order valence-electron chi connectivity index (χ1n) is 8.31. The minimum Gasteiger partial charge on any atom is -0.360 e. The molecule has 0 radical (unpaired) electrons. The predicted octanol–water partition coefficient (Wildman–Crippen LogP) is 4.59. The van der Waals surface area contributed by atoms with Gasteiger partial charge in [0, 0.05) is 11.6 Å². The summed E-state index contributed by atoms with van der Waals surface area (Å²) in [6, 6.07) is 9.79. The first kappa shape index (κ1) is 17.3. The number of nitrogens with one attached hydrogen (secondary N) is 1. The fourth-order valence-corrected chi connectivity index (χ4v) is 2.63. The summed E-state index contributed by atoms with van der Waals surface area (Å²) in [5, 5.41) is 7.13. The lowest BCUT2D eigenvalue weighted by Crippen LogP contribution is -2.33. The zero-order chi connectivity index (χ0) is 16.8. The van der Waals surface area contributed by atoms with Crippen LogP contribution in [0.5, 0.6) is 0 Å². The van der Waals surface area contributed by atoms with E-state index >= 15 is 0 Å². The van der Waals surface area contributed by atoms with Gasteiger partial charge in [0.05, 0.1) is 0 Å². The number of hydrogen-bond acceptors (Lipinski definition) is 3. The number of carbonyl (C=O) groups is 1. The smallest absolute Gasteiger partial charge is 0.257 e. The third-order valence-electron chi connectivity index (χ3n) is 3.93. The van der Waals surface area contributed by atoms with Crippen molar-refractivity contribution >= 4 is 5.91 Å².